The van der Waals surface area contributed by atoms with Crippen LogP contribution in [-0.4, -0.2) is 16.1 Å². The lowest BCUT2D eigenvalue weighted by Crippen LogP contribution is -2.17. The number of anilines is 1. The molecule has 2 rings (SSSR count). The van der Waals surface area contributed by atoms with Crippen LogP contribution in [-0.2, 0) is 13.6 Å². The topological polar surface area (TPSA) is 39.1 Å². The van der Waals surface area contributed by atoms with Crippen LogP contribution in [0.4, 0.5) is 18.9 Å². The number of hydrogen-bond donors (Lipinski definition) is 1. The molecule has 2 aromatic rings. The lowest BCUT2D eigenvalue weighted by atomic mass is 10.2. The summed E-state index contributed by atoms with van der Waals surface area (Å²) in [6, 6.07) is 5.77. The molecule has 0 saturated heterocycles. The number of ether oxygens (including phenoxy) is 1. The molecule has 1 heterocycles. The minimum Gasteiger partial charge on any atom is -0.406 e. The average molecular weight is 299 g/mol. The van der Waals surface area contributed by atoms with Crippen LogP contribution >= 0.6 is 0 Å². The predicted molar refractivity (Wildman–Crippen MR) is 73.1 cm³/mol. The lowest BCUT2D eigenvalue weighted by Gasteiger charge is -2.11. The molecule has 0 unspecified atom stereocenters. The zero-order chi connectivity index (χ0) is 15.6. The summed E-state index contributed by atoms with van der Waals surface area (Å²) in [7, 11) is 1.85. The number of nitrogens with one attached hydrogen (secondary N) is 1. The Morgan fingerprint density at radius 1 is 1.29 bits per heavy atom. The van der Waals surface area contributed by atoms with Crippen molar-refractivity contribution in [2.24, 2.45) is 7.05 Å². The molecule has 1 aromatic heterocycles. The van der Waals surface area contributed by atoms with E-state index in [-0.39, 0.29) is 5.75 Å². The van der Waals surface area contributed by atoms with Crippen molar-refractivity contribution in [2.45, 2.75) is 26.8 Å². The molecule has 114 valence electrons. The van der Waals surface area contributed by atoms with Gasteiger partial charge in [0.25, 0.3) is 0 Å². The highest BCUT2D eigenvalue weighted by Gasteiger charge is 2.31. The fourth-order valence-corrected chi connectivity index (χ4v) is 2.07. The molecule has 0 spiro atoms. The summed E-state index contributed by atoms with van der Waals surface area (Å²) in [5.74, 6) is -0.243. The van der Waals surface area contributed by atoms with E-state index in [1.54, 1.807) is 10.7 Å². The first-order chi connectivity index (χ1) is 9.76. The van der Waals surface area contributed by atoms with Crippen LogP contribution in [0.3, 0.4) is 0 Å². The number of benzene rings is 1. The smallest absolute Gasteiger partial charge is 0.406 e. The van der Waals surface area contributed by atoms with Crippen LogP contribution in [0.2, 0.25) is 0 Å². The van der Waals surface area contributed by atoms with Crippen molar-refractivity contribution in [2.75, 3.05) is 5.32 Å². The summed E-state index contributed by atoms with van der Waals surface area (Å²) < 4.78 is 42.2. The average Bonchev–Trinajstić information content (AvgIpc) is 2.60. The van der Waals surface area contributed by atoms with E-state index in [4.69, 9.17) is 0 Å². The zero-order valence-electron chi connectivity index (χ0n) is 12.0. The molecule has 0 saturated carbocycles. The van der Waals surface area contributed by atoms with Crippen molar-refractivity contribution in [1.82, 2.24) is 9.78 Å². The van der Waals surface area contributed by atoms with E-state index < -0.39 is 6.36 Å². The van der Waals surface area contributed by atoms with E-state index in [1.807, 2.05) is 20.9 Å². The van der Waals surface area contributed by atoms with Gasteiger partial charge in [-0.25, -0.2) is 0 Å². The number of halogens is 3. The van der Waals surface area contributed by atoms with Crippen molar-refractivity contribution >= 4 is 5.69 Å². The molecular formula is C14H16F3N3O. The molecule has 1 N–H and O–H groups in total. The molecule has 4 nitrogen and oxygen atoms in total. The monoisotopic (exact) mass is 299 g/mol. The Morgan fingerprint density at radius 2 is 2.00 bits per heavy atom. The van der Waals surface area contributed by atoms with Crippen LogP contribution in [0.15, 0.2) is 24.3 Å². The highest BCUT2D eigenvalue weighted by molar-refractivity contribution is 5.49. The number of aromatic nitrogens is 2. The molecular weight excluding hydrogens is 283 g/mol. The quantitative estimate of drug-likeness (QED) is 0.938. The second-order valence-corrected chi connectivity index (χ2v) is 4.70. The molecule has 1 aromatic carbocycles. The Labute approximate surface area is 120 Å². The van der Waals surface area contributed by atoms with Gasteiger partial charge in [0.1, 0.15) is 5.75 Å². The molecule has 0 atom stereocenters. The van der Waals surface area contributed by atoms with Crippen molar-refractivity contribution in [1.29, 1.82) is 0 Å². The molecule has 7 heteroatoms. The summed E-state index contributed by atoms with van der Waals surface area (Å²) >= 11 is 0. The van der Waals surface area contributed by atoms with Crippen molar-refractivity contribution in [3.8, 4) is 5.75 Å². The maximum Gasteiger partial charge on any atom is 0.573 e. The molecule has 0 bridgehead atoms. The number of rotatable bonds is 4. The normalized spacial score (nSPS) is 11.5. The molecule has 0 fully saturated rings. The number of alkyl halides is 3. The summed E-state index contributed by atoms with van der Waals surface area (Å²) in [6.45, 7) is 4.33. The maximum atomic E-state index is 12.2. The van der Waals surface area contributed by atoms with E-state index in [9.17, 15) is 13.2 Å². The van der Waals surface area contributed by atoms with E-state index in [1.165, 1.54) is 18.2 Å². The third kappa shape index (κ3) is 3.90. The molecule has 0 aliphatic rings. The second kappa shape index (κ2) is 5.67. The van der Waals surface area contributed by atoms with Crippen LogP contribution in [0.25, 0.3) is 0 Å². The maximum absolute atomic E-state index is 12.2. The first-order valence-electron chi connectivity index (χ1n) is 6.35. The first kappa shape index (κ1) is 15.2. The van der Waals surface area contributed by atoms with Gasteiger partial charge in [0.2, 0.25) is 0 Å². The van der Waals surface area contributed by atoms with Gasteiger partial charge in [-0.05, 0) is 26.0 Å². The van der Waals surface area contributed by atoms with Crippen LogP contribution in [0, 0.1) is 13.8 Å². The fraction of sp³-hybridized carbons (Fsp3) is 0.357. The minimum atomic E-state index is -4.69. The van der Waals surface area contributed by atoms with Gasteiger partial charge in [-0.3, -0.25) is 4.68 Å². The molecule has 21 heavy (non-hydrogen) atoms. The Balaban J connectivity index is 2.08. The SMILES string of the molecule is Cc1nn(C)c(C)c1CNc1cccc(OC(F)(F)F)c1. The van der Waals surface area contributed by atoms with Crippen LogP contribution in [0.5, 0.6) is 5.75 Å². The first-order valence-corrected chi connectivity index (χ1v) is 6.35. The molecule has 0 amide bonds. The standard InChI is InChI=1S/C14H16F3N3O/c1-9-13(10(2)20(3)19-9)8-18-11-5-4-6-12(7-11)21-14(15,16)17/h4-7,18H,8H2,1-3H3. The van der Waals surface area contributed by atoms with Crippen molar-refractivity contribution in [3.63, 3.8) is 0 Å². The van der Waals surface area contributed by atoms with Gasteiger partial charge in [0.05, 0.1) is 5.69 Å². The van der Waals surface area contributed by atoms with E-state index in [0.717, 1.165) is 17.0 Å². The van der Waals surface area contributed by atoms with Gasteiger partial charge in [0.15, 0.2) is 0 Å². The van der Waals surface area contributed by atoms with Gasteiger partial charge in [0, 0.05) is 36.6 Å². The highest BCUT2D eigenvalue weighted by atomic mass is 19.4. The highest BCUT2D eigenvalue weighted by Crippen LogP contribution is 2.25. The molecule has 0 radical (unpaired) electrons. The summed E-state index contributed by atoms with van der Waals surface area (Å²) in [5, 5.41) is 7.37. The van der Waals surface area contributed by atoms with Gasteiger partial charge < -0.3 is 10.1 Å². The largest absolute Gasteiger partial charge is 0.573 e. The van der Waals surface area contributed by atoms with Crippen LogP contribution in [0.1, 0.15) is 17.0 Å². The second-order valence-electron chi connectivity index (χ2n) is 4.70. The van der Waals surface area contributed by atoms with E-state index in [2.05, 4.69) is 15.2 Å². The van der Waals surface area contributed by atoms with Gasteiger partial charge >= 0.3 is 6.36 Å². The Hall–Kier alpha value is -2.18. The third-order valence-electron chi connectivity index (χ3n) is 3.20. The fourth-order valence-electron chi connectivity index (χ4n) is 2.07. The van der Waals surface area contributed by atoms with Gasteiger partial charge in [-0.1, -0.05) is 6.07 Å². The van der Waals surface area contributed by atoms with Crippen molar-refractivity contribution < 1.29 is 17.9 Å². The van der Waals surface area contributed by atoms with Gasteiger partial charge in [-0.15, -0.1) is 13.2 Å². The predicted octanol–water partition coefficient (Wildman–Crippen LogP) is 3.55. The Bertz CT molecular complexity index is 635. The Kier molecular flexibility index (Phi) is 4.11. The summed E-state index contributed by atoms with van der Waals surface area (Å²) in [5.41, 5.74) is 3.49. The van der Waals surface area contributed by atoms with Gasteiger partial charge in [-0.2, -0.15) is 5.10 Å². The summed E-state index contributed by atoms with van der Waals surface area (Å²) in [6.07, 6.45) is -4.69. The third-order valence-corrected chi connectivity index (χ3v) is 3.20. The lowest BCUT2D eigenvalue weighted by molar-refractivity contribution is -0.274. The zero-order valence-corrected chi connectivity index (χ0v) is 12.0. The van der Waals surface area contributed by atoms with E-state index in [0.29, 0.717) is 12.2 Å². The van der Waals surface area contributed by atoms with Crippen molar-refractivity contribution in [3.05, 3.63) is 41.2 Å². The Morgan fingerprint density at radius 3 is 2.57 bits per heavy atom. The number of hydrogen-bond acceptors (Lipinski definition) is 3. The molecule has 0 aliphatic carbocycles. The number of aryl methyl sites for hydroxylation is 2. The summed E-state index contributed by atoms with van der Waals surface area (Å²) in [4.78, 5) is 0. The van der Waals surface area contributed by atoms with E-state index >= 15 is 0 Å². The minimum absolute atomic E-state index is 0.243. The number of nitrogens with zero attached hydrogens (tertiary/aromatic N) is 2. The van der Waals surface area contributed by atoms with Crippen LogP contribution < -0.4 is 10.1 Å². The molecule has 0 aliphatic heterocycles.